The number of rotatable bonds is 0. The van der Waals surface area contributed by atoms with E-state index in [1.165, 1.54) is 12.3 Å². The maximum Gasteiger partial charge on any atom is 0.213 e. The van der Waals surface area contributed by atoms with Crippen LogP contribution in [0.2, 0.25) is 0 Å². The molecule has 2 heterocycles. The molecule has 1 N–H and O–H groups in total. The van der Waals surface area contributed by atoms with Crippen LogP contribution in [0.25, 0.3) is 11.0 Å². The Morgan fingerprint density at radius 3 is 3.20 bits per heavy atom. The van der Waals surface area contributed by atoms with Gasteiger partial charge >= 0.3 is 0 Å². The van der Waals surface area contributed by atoms with Crippen LogP contribution in [-0.4, -0.2) is 15.2 Å². The lowest BCUT2D eigenvalue weighted by molar-refractivity contribution is 0.589. The van der Waals surface area contributed by atoms with Crippen molar-refractivity contribution in [3.63, 3.8) is 0 Å². The van der Waals surface area contributed by atoms with Crippen LogP contribution in [0.3, 0.4) is 0 Å². The lowest BCUT2D eigenvalue weighted by Crippen LogP contribution is -1.79. The summed E-state index contributed by atoms with van der Waals surface area (Å²) in [6, 6.07) is 2.89. The average molecular weight is 137 g/mol. The summed E-state index contributed by atoms with van der Waals surface area (Å²) in [4.78, 5) is 3.58. The minimum Gasteiger partial charge on any atom is -0.276 e. The second-order valence-electron chi connectivity index (χ2n) is 1.94. The minimum absolute atomic E-state index is 0.478. The van der Waals surface area contributed by atoms with Crippen LogP contribution in [0.1, 0.15) is 0 Å². The third kappa shape index (κ3) is 0.655. The second kappa shape index (κ2) is 1.76. The first-order chi connectivity index (χ1) is 4.86. The van der Waals surface area contributed by atoms with Gasteiger partial charge in [-0.1, -0.05) is 0 Å². The molecule has 0 aromatic carbocycles. The van der Waals surface area contributed by atoms with Gasteiger partial charge in [0, 0.05) is 0 Å². The van der Waals surface area contributed by atoms with Gasteiger partial charge < -0.3 is 0 Å². The van der Waals surface area contributed by atoms with Crippen molar-refractivity contribution in [2.45, 2.75) is 0 Å². The molecule has 0 fully saturated rings. The molecule has 0 atom stereocenters. The number of aromatic amines is 1. The Morgan fingerprint density at radius 1 is 1.40 bits per heavy atom. The van der Waals surface area contributed by atoms with E-state index in [1.807, 2.05) is 0 Å². The van der Waals surface area contributed by atoms with Gasteiger partial charge in [0.1, 0.15) is 5.52 Å². The molecular formula is C6H4FN3. The van der Waals surface area contributed by atoms with Gasteiger partial charge in [-0.25, -0.2) is 4.98 Å². The van der Waals surface area contributed by atoms with E-state index in [-0.39, 0.29) is 0 Å². The fourth-order valence-electron chi connectivity index (χ4n) is 0.806. The summed E-state index contributed by atoms with van der Waals surface area (Å²) in [5, 5.41) is 6.36. The van der Waals surface area contributed by atoms with E-state index in [2.05, 4.69) is 15.2 Å². The van der Waals surface area contributed by atoms with Crippen LogP contribution in [-0.2, 0) is 0 Å². The number of fused-ring (bicyclic) bond motifs is 1. The second-order valence-corrected chi connectivity index (χ2v) is 1.94. The first kappa shape index (κ1) is 5.34. The molecule has 0 amide bonds. The lowest BCUT2D eigenvalue weighted by Gasteiger charge is -1.85. The number of halogens is 1. The summed E-state index contributed by atoms with van der Waals surface area (Å²) in [5.41, 5.74) is 1.31. The topological polar surface area (TPSA) is 41.6 Å². The van der Waals surface area contributed by atoms with Crippen LogP contribution in [0.5, 0.6) is 0 Å². The van der Waals surface area contributed by atoms with Crippen molar-refractivity contribution in [2.24, 2.45) is 0 Å². The molecule has 2 aromatic heterocycles. The maximum atomic E-state index is 12.4. The molecule has 50 valence electrons. The van der Waals surface area contributed by atoms with Crippen molar-refractivity contribution < 1.29 is 4.39 Å². The summed E-state index contributed by atoms with van der Waals surface area (Å²) < 4.78 is 12.4. The SMILES string of the molecule is Fc1ccc2[nH]ncc2n1. The van der Waals surface area contributed by atoms with Gasteiger partial charge in [-0.3, -0.25) is 5.10 Å². The number of H-pyrrole nitrogens is 1. The minimum atomic E-state index is -0.478. The maximum absolute atomic E-state index is 12.4. The summed E-state index contributed by atoms with van der Waals surface area (Å²) in [7, 11) is 0. The zero-order valence-electron chi connectivity index (χ0n) is 5.00. The molecule has 0 aliphatic carbocycles. The molecule has 0 saturated heterocycles. The highest BCUT2D eigenvalue weighted by molar-refractivity contribution is 5.72. The number of aromatic nitrogens is 3. The molecule has 10 heavy (non-hydrogen) atoms. The van der Waals surface area contributed by atoms with E-state index in [4.69, 9.17) is 0 Å². The summed E-state index contributed by atoms with van der Waals surface area (Å²) in [6.45, 7) is 0. The van der Waals surface area contributed by atoms with E-state index >= 15 is 0 Å². The Bertz CT molecular complexity index is 355. The van der Waals surface area contributed by atoms with Gasteiger partial charge in [0.15, 0.2) is 0 Å². The molecular weight excluding hydrogens is 133 g/mol. The molecule has 0 aliphatic rings. The van der Waals surface area contributed by atoms with Gasteiger partial charge in [0.05, 0.1) is 11.7 Å². The molecule has 3 nitrogen and oxygen atoms in total. The Morgan fingerprint density at radius 2 is 2.30 bits per heavy atom. The fraction of sp³-hybridized carbons (Fsp3) is 0. The molecule has 0 aliphatic heterocycles. The predicted molar refractivity (Wildman–Crippen MR) is 33.8 cm³/mol. The molecule has 0 bridgehead atoms. The Kier molecular flexibility index (Phi) is 0.943. The van der Waals surface area contributed by atoms with Crippen molar-refractivity contribution in [3.8, 4) is 0 Å². The molecule has 2 aromatic rings. The van der Waals surface area contributed by atoms with Crippen molar-refractivity contribution in [1.29, 1.82) is 0 Å². The zero-order chi connectivity index (χ0) is 6.97. The highest BCUT2D eigenvalue weighted by Crippen LogP contribution is 2.06. The number of hydrogen-bond acceptors (Lipinski definition) is 2. The molecule has 0 saturated carbocycles. The first-order valence-electron chi connectivity index (χ1n) is 2.82. The quantitative estimate of drug-likeness (QED) is 0.552. The number of nitrogens with one attached hydrogen (secondary N) is 1. The number of nitrogens with zero attached hydrogens (tertiary/aromatic N) is 2. The molecule has 0 spiro atoms. The van der Waals surface area contributed by atoms with E-state index < -0.39 is 5.95 Å². The van der Waals surface area contributed by atoms with E-state index in [0.29, 0.717) is 5.52 Å². The van der Waals surface area contributed by atoms with Crippen LogP contribution < -0.4 is 0 Å². The van der Waals surface area contributed by atoms with Crippen molar-refractivity contribution in [3.05, 3.63) is 24.3 Å². The van der Waals surface area contributed by atoms with Crippen molar-refractivity contribution >= 4 is 11.0 Å². The van der Waals surface area contributed by atoms with Crippen LogP contribution in [0.15, 0.2) is 18.3 Å². The van der Waals surface area contributed by atoms with Crippen LogP contribution in [0, 0.1) is 5.95 Å². The highest BCUT2D eigenvalue weighted by Gasteiger charge is 1.96. The number of hydrogen-bond donors (Lipinski definition) is 1. The third-order valence-electron chi connectivity index (χ3n) is 1.26. The molecule has 0 unspecified atom stereocenters. The molecule has 0 radical (unpaired) electrons. The van der Waals surface area contributed by atoms with E-state index in [1.54, 1.807) is 6.07 Å². The summed E-state index contributed by atoms with van der Waals surface area (Å²) in [6.07, 6.45) is 1.48. The standard InChI is InChI=1S/C6H4FN3/c7-6-2-1-4-5(9-6)3-8-10-4/h1-3H,(H,8,10). The molecule has 4 heteroatoms. The number of pyridine rings is 1. The first-order valence-corrected chi connectivity index (χ1v) is 2.82. The fourth-order valence-corrected chi connectivity index (χ4v) is 0.806. The van der Waals surface area contributed by atoms with Crippen molar-refractivity contribution in [1.82, 2.24) is 15.2 Å². The van der Waals surface area contributed by atoms with Crippen LogP contribution in [0.4, 0.5) is 4.39 Å². The monoisotopic (exact) mass is 137 g/mol. The van der Waals surface area contributed by atoms with Gasteiger partial charge in [-0.2, -0.15) is 9.49 Å². The van der Waals surface area contributed by atoms with Crippen LogP contribution >= 0.6 is 0 Å². The largest absolute Gasteiger partial charge is 0.276 e. The Hall–Kier alpha value is -1.45. The Labute approximate surface area is 55.9 Å². The lowest BCUT2D eigenvalue weighted by atomic mass is 10.4. The van der Waals surface area contributed by atoms with Gasteiger partial charge in [-0.05, 0) is 12.1 Å². The normalized spacial score (nSPS) is 10.5. The Balaban J connectivity index is 2.86. The average Bonchev–Trinajstić information content (AvgIpc) is 2.33. The van der Waals surface area contributed by atoms with Gasteiger partial charge in [-0.15, -0.1) is 0 Å². The third-order valence-corrected chi connectivity index (χ3v) is 1.26. The van der Waals surface area contributed by atoms with E-state index in [0.717, 1.165) is 5.52 Å². The van der Waals surface area contributed by atoms with Crippen molar-refractivity contribution in [2.75, 3.05) is 0 Å². The van der Waals surface area contributed by atoms with E-state index in [9.17, 15) is 4.39 Å². The van der Waals surface area contributed by atoms with Gasteiger partial charge in [0.25, 0.3) is 0 Å². The smallest absolute Gasteiger partial charge is 0.213 e. The summed E-state index contributed by atoms with van der Waals surface area (Å²) >= 11 is 0. The predicted octanol–water partition coefficient (Wildman–Crippen LogP) is 1.10. The van der Waals surface area contributed by atoms with Gasteiger partial charge in [0.2, 0.25) is 5.95 Å². The highest BCUT2D eigenvalue weighted by atomic mass is 19.1. The summed E-state index contributed by atoms with van der Waals surface area (Å²) in [5.74, 6) is -0.478. The zero-order valence-corrected chi connectivity index (χ0v) is 5.00. The molecule has 2 rings (SSSR count).